The zero-order chi connectivity index (χ0) is 15.5. The minimum atomic E-state index is -3.79. The number of hydrogen-bond donors (Lipinski definition) is 2. The summed E-state index contributed by atoms with van der Waals surface area (Å²) in [6.45, 7) is 6.20. The summed E-state index contributed by atoms with van der Waals surface area (Å²) >= 11 is 0. The van der Waals surface area contributed by atoms with Gasteiger partial charge in [0.25, 0.3) is 10.2 Å². The highest BCUT2D eigenvalue weighted by atomic mass is 32.2. The number of rotatable bonds is 7. The van der Waals surface area contributed by atoms with Crippen LogP contribution in [0.15, 0.2) is 0 Å². The zero-order valence-corrected chi connectivity index (χ0v) is 13.2. The van der Waals surface area contributed by atoms with Crippen molar-refractivity contribution in [3.63, 3.8) is 0 Å². The SMILES string of the molecule is COC(=O)CCN(C)S(=O)(=O)NC(C)(C)C(C)(C)O. The summed E-state index contributed by atoms with van der Waals surface area (Å²) in [6.07, 6.45) is -0.0309. The van der Waals surface area contributed by atoms with Gasteiger partial charge in [-0.2, -0.15) is 17.4 Å². The average Bonchev–Trinajstić information content (AvgIpc) is 2.22. The lowest BCUT2D eigenvalue weighted by Gasteiger charge is -2.38. The van der Waals surface area contributed by atoms with Crippen molar-refractivity contribution in [1.29, 1.82) is 0 Å². The van der Waals surface area contributed by atoms with Crippen LogP contribution in [-0.4, -0.2) is 55.6 Å². The predicted molar refractivity (Wildman–Crippen MR) is 71.7 cm³/mol. The van der Waals surface area contributed by atoms with Crippen LogP contribution < -0.4 is 4.72 Å². The number of nitrogens with one attached hydrogen (secondary N) is 1. The van der Waals surface area contributed by atoms with E-state index in [0.29, 0.717) is 0 Å². The van der Waals surface area contributed by atoms with Crippen molar-refractivity contribution < 1.29 is 23.1 Å². The van der Waals surface area contributed by atoms with Crippen molar-refractivity contribution >= 4 is 16.2 Å². The Bertz CT molecular complexity index is 411. The third-order valence-electron chi connectivity index (χ3n) is 3.18. The number of esters is 1. The van der Waals surface area contributed by atoms with Crippen LogP contribution in [0.25, 0.3) is 0 Å². The molecule has 0 amide bonds. The number of hydrogen-bond acceptors (Lipinski definition) is 5. The maximum atomic E-state index is 12.0. The van der Waals surface area contributed by atoms with E-state index in [4.69, 9.17) is 0 Å². The Hall–Kier alpha value is -0.700. The van der Waals surface area contributed by atoms with E-state index in [1.807, 2.05) is 0 Å². The van der Waals surface area contributed by atoms with Crippen LogP contribution in [0.4, 0.5) is 0 Å². The molecule has 0 atom stereocenters. The van der Waals surface area contributed by atoms with Gasteiger partial charge in [0.2, 0.25) is 0 Å². The number of ether oxygens (including phenoxy) is 1. The Morgan fingerprint density at radius 1 is 1.32 bits per heavy atom. The first kappa shape index (κ1) is 18.3. The summed E-state index contributed by atoms with van der Waals surface area (Å²) in [4.78, 5) is 11.0. The van der Waals surface area contributed by atoms with Gasteiger partial charge in [-0.3, -0.25) is 4.79 Å². The van der Waals surface area contributed by atoms with E-state index in [1.165, 1.54) is 28.0 Å². The molecular weight excluding hydrogens is 272 g/mol. The number of carbonyl (C=O) groups is 1. The standard InChI is InChI=1S/C11H24N2O5S/c1-10(2,11(3,4)15)12-19(16,17)13(5)8-7-9(14)18-6/h12,15H,7-8H2,1-6H3. The molecule has 0 spiro atoms. The van der Waals surface area contributed by atoms with Gasteiger partial charge in [-0.25, -0.2) is 0 Å². The molecule has 0 aromatic rings. The van der Waals surface area contributed by atoms with Crippen LogP contribution in [-0.2, 0) is 19.7 Å². The minimum absolute atomic E-state index is 0.00391. The lowest BCUT2D eigenvalue weighted by molar-refractivity contribution is -0.140. The van der Waals surface area contributed by atoms with Gasteiger partial charge in [0.1, 0.15) is 0 Å². The van der Waals surface area contributed by atoms with Gasteiger partial charge < -0.3 is 9.84 Å². The molecule has 0 fully saturated rings. The molecule has 0 heterocycles. The number of carbonyl (C=O) groups excluding carboxylic acids is 1. The minimum Gasteiger partial charge on any atom is -0.469 e. The Morgan fingerprint density at radius 3 is 2.16 bits per heavy atom. The predicted octanol–water partition coefficient (Wildman–Crippen LogP) is -0.135. The molecule has 19 heavy (non-hydrogen) atoms. The fourth-order valence-electron chi connectivity index (χ4n) is 0.996. The van der Waals surface area contributed by atoms with E-state index in [0.717, 1.165) is 4.31 Å². The third-order valence-corrected chi connectivity index (χ3v) is 4.95. The lowest BCUT2D eigenvalue weighted by atomic mass is 9.87. The first-order valence-corrected chi connectivity index (χ1v) is 7.32. The quantitative estimate of drug-likeness (QED) is 0.638. The second-order valence-electron chi connectivity index (χ2n) is 5.44. The molecule has 0 aromatic carbocycles. The number of aliphatic hydroxyl groups is 1. The van der Waals surface area contributed by atoms with Crippen molar-refractivity contribution in [1.82, 2.24) is 9.03 Å². The maximum absolute atomic E-state index is 12.0. The number of nitrogens with zero attached hydrogens (tertiary/aromatic N) is 1. The molecule has 0 bridgehead atoms. The highest BCUT2D eigenvalue weighted by Gasteiger charge is 2.39. The van der Waals surface area contributed by atoms with Crippen LogP contribution in [0.3, 0.4) is 0 Å². The van der Waals surface area contributed by atoms with Crippen LogP contribution in [0.2, 0.25) is 0 Å². The molecule has 0 aliphatic heterocycles. The van der Waals surface area contributed by atoms with Gasteiger partial charge in [-0.15, -0.1) is 0 Å². The second-order valence-corrected chi connectivity index (χ2v) is 7.22. The molecule has 7 nitrogen and oxygen atoms in total. The normalized spacial score (nSPS) is 13.7. The van der Waals surface area contributed by atoms with Crippen LogP contribution in [0, 0.1) is 0 Å². The van der Waals surface area contributed by atoms with E-state index < -0.39 is 27.3 Å². The van der Waals surface area contributed by atoms with Gasteiger partial charge in [-0.05, 0) is 27.7 Å². The smallest absolute Gasteiger partial charge is 0.306 e. The van der Waals surface area contributed by atoms with Crippen molar-refractivity contribution in [3.8, 4) is 0 Å². The highest BCUT2D eigenvalue weighted by molar-refractivity contribution is 7.87. The average molecular weight is 296 g/mol. The Labute approximate surface area is 115 Å². The molecular formula is C11H24N2O5S. The van der Waals surface area contributed by atoms with E-state index in [1.54, 1.807) is 13.8 Å². The molecule has 0 aliphatic carbocycles. The maximum Gasteiger partial charge on any atom is 0.306 e. The summed E-state index contributed by atoms with van der Waals surface area (Å²) in [6, 6.07) is 0. The van der Waals surface area contributed by atoms with E-state index in [2.05, 4.69) is 9.46 Å². The van der Waals surface area contributed by atoms with E-state index >= 15 is 0 Å². The molecule has 0 aromatic heterocycles. The molecule has 0 rings (SSSR count). The summed E-state index contributed by atoms with van der Waals surface area (Å²) in [7, 11) is -1.19. The number of methoxy groups -OCH3 is 1. The van der Waals surface area contributed by atoms with Crippen LogP contribution >= 0.6 is 0 Å². The largest absolute Gasteiger partial charge is 0.469 e. The summed E-state index contributed by atoms with van der Waals surface area (Å²) in [5.41, 5.74) is -2.28. The van der Waals surface area contributed by atoms with Gasteiger partial charge in [0.15, 0.2) is 0 Å². The van der Waals surface area contributed by atoms with Crippen LogP contribution in [0.1, 0.15) is 34.1 Å². The van der Waals surface area contributed by atoms with Crippen molar-refractivity contribution in [3.05, 3.63) is 0 Å². The van der Waals surface area contributed by atoms with Crippen LogP contribution in [0.5, 0.6) is 0 Å². The fraction of sp³-hybridized carbons (Fsp3) is 0.909. The second kappa shape index (κ2) is 6.17. The van der Waals surface area contributed by atoms with Crippen molar-refractivity contribution in [2.75, 3.05) is 20.7 Å². The molecule has 0 aliphatic rings. The van der Waals surface area contributed by atoms with Gasteiger partial charge >= 0.3 is 5.97 Å². The summed E-state index contributed by atoms with van der Waals surface area (Å²) < 4.78 is 32.0. The Morgan fingerprint density at radius 2 is 1.79 bits per heavy atom. The molecule has 0 radical (unpaired) electrons. The fourth-order valence-corrected chi connectivity index (χ4v) is 2.38. The lowest BCUT2D eigenvalue weighted by Crippen LogP contribution is -2.60. The monoisotopic (exact) mass is 296 g/mol. The van der Waals surface area contributed by atoms with E-state index in [9.17, 15) is 18.3 Å². The molecule has 8 heteroatoms. The first-order valence-electron chi connectivity index (χ1n) is 5.88. The van der Waals surface area contributed by atoms with Crippen molar-refractivity contribution in [2.45, 2.75) is 45.3 Å². The zero-order valence-electron chi connectivity index (χ0n) is 12.3. The van der Waals surface area contributed by atoms with Gasteiger partial charge in [0, 0.05) is 13.6 Å². The summed E-state index contributed by atoms with van der Waals surface area (Å²) in [5, 5.41) is 9.93. The summed E-state index contributed by atoms with van der Waals surface area (Å²) in [5.74, 6) is -0.483. The first-order chi connectivity index (χ1) is 8.33. The molecule has 0 unspecified atom stereocenters. The highest BCUT2D eigenvalue weighted by Crippen LogP contribution is 2.22. The molecule has 2 N–H and O–H groups in total. The molecule has 114 valence electrons. The third kappa shape index (κ3) is 5.43. The molecule has 0 saturated carbocycles. The topological polar surface area (TPSA) is 95.9 Å². The van der Waals surface area contributed by atoms with Gasteiger partial charge in [0.05, 0.1) is 24.7 Å². The van der Waals surface area contributed by atoms with Crippen molar-refractivity contribution in [2.24, 2.45) is 0 Å². The Kier molecular flexibility index (Phi) is 5.94. The van der Waals surface area contributed by atoms with Gasteiger partial charge in [-0.1, -0.05) is 0 Å². The Balaban J connectivity index is 4.76. The molecule has 0 saturated heterocycles. The van der Waals surface area contributed by atoms with E-state index in [-0.39, 0.29) is 13.0 Å².